The molecule has 19 heavy (non-hydrogen) atoms. The van der Waals surface area contributed by atoms with Crippen molar-refractivity contribution in [1.82, 2.24) is 15.2 Å². The molecule has 0 amide bonds. The number of nitrogens with one attached hydrogen (secondary N) is 1. The molecule has 0 atom stereocenters. The number of hydrogen-bond donors (Lipinski definition) is 1. The van der Waals surface area contributed by atoms with Crippen LogP contribution in [0.15, 0.2) is 6.07 Å². The topological polar surface area (TPSA) is 41.6 Å². The van der Waals surface area contributed by atoms with Crippen molar-refractivity contribution in [2.24, 2.45) is 0 Å². The maximum Gasteiger partial charge on any atom is 0.225 e. The van der Waals surface area contributed by atoms with Crippen molar-refractivity contribution in [2.75, 3.05) is 0 Å². The number of aromatic nitrogens is 3. The van der Waals surface area contributed by atoms with E-state index in [9.17, 15) is 0 Å². The van der Waals surface area contributed by atoms with E-state index in [0.717, 1.165) is 22.1 Å². The maximum atomic E-state index is 6.06. The van der Waals surface area contributed by atoms with Crippen LogP contribution in [-0.2, 0) is 6.42 Å². The number of halogens is 1. The fraction of sp³-hybridized carbons (Fsp3) is 0.429. The molecule has 0 spiro atoms. The molecule has 2 aromatic heterocycles. The molecule has 0 fully saturated rings. The lowest BCUT2D eigenvalue weighted by Crippen LogP contribution is -1.77. The monoisotopic (exact) mass is 295 g/mol. The molecule has 0 saturated carbocycles. The van der Waals surface area contributed by atoms with E-state index in [1.54, 1.807) is 11.3 Å². The van der Waals surface area contributed by atoms with Crippen molar-refractivity contribution in [3.05, 3.63) is 32.5 Å². The van der Waals surface area contributed by atoms with Crippen molar-refractivity contribution in [2.45, 2.75) is 40.5 Å². The van der Waals surface area contributed by atoms with E-state index < -0.39 is 0 Å². The first kappa shape index (κ1) is 15.7. The lowest BCUT2D eigenvalue weighted by atomic mass is 10.3. The summed E-state index contributed by atoms with van der Waals surface area (Å²) in [5.74, 6) is 7.12. The first-order valence-electron chi connectivity index (χ1n) is 6.29. The van der Waals surface area contributed by atoms with E-state index in [1.807, 2.05) is 13.0 Å². The Labute approximate surface area is 123 Å². The lowest BCUT2D eigenvalue weighted by molar-refractivity contribution is 1.03. The third kappa shape index (κ3) is 5.06. The second-order valence-electron chi connectivity index (χ2n) is 3.96. The second-order valence-corrected chi connectivity index (χ2v) is 5.69. The van der Waals surface area contributed by atoms with E-state index in [1.165, 1.54) is 11.3 Å². The third-order valence-corrected chi connectivity index (χ3v) is 3.50. The molecule has 102 valence electrons. The summed E-state index contributed by atoms with van der Waals surface area (Å²) in [6, 6.07) is 2.01. The Bertz CT molecular complexity index is 575. The molecule has 0 bridgehead atoms. The highest BCUT2D eigenvalue weighted by Gasteiger charge is 2.03. The first-order chi connectivity index (χ1) is 9.10. The highest BCUT2D eigenvalue weighted by molar-refractivity contribution is 7.16. The Balaban J connectivity index is 0.000000550. The molecule has 2 rings (SSSR count). The van der Waals surface area contributed by atoms with Crippen LogP contribution >= 0.6 is 22.9 Å². The van der Waals surface area contributed by atoms with Crippen LogP contribution in [0.2, 0.25) is 4.34 Å². The average Bonchev–Trinajstić information content (AvgIpc) is 2.94. The standard InChI is InChI=1S/C11H10ClN3S.C3H8/c1-3-9-6-8(11(12)16-9)4-5-10-13-7(2)14-15-10;1-3-2/h6H,3H2,1-2H3,(H,13,14,15);3H2,1-2H3. The minimum atomic E-state index is 0.498. The van der Waals surface area contributed by atoms with Crippen LogP contribution in [0.5, 0.6) is 0 Å². The molecule has 2 aromatic rings. The van der Waals surface area contributed by atoms with Gasteiger partial charge in [0, 0.05) is 4.88 Å². The largest absolute Gasteiger partial charge is 0.262 e. The van der Waals surface area contributed by atoms with Gasteiger partial charge in [0.1, 0.15) is 10.2 Å². The number of thiophene rings is 1. The van der Waals surface area contributed by atoms with Gasteiger partial charge in [0.05, 0.1) is 5.56 Å². The second kappa shape index (κ2) is 7.98. The van der Waals surface area contributed by atoms with Gasteiger partial charge in [-0.1, -0.05) is 44.7 Å². The normalized spacial score (nSPS) is 9.32. The van der Waals surface area contributed by atoms with Crippen molar-refractivity contribution >= 4 is 22.9 Å². The number of rotatable bonds is 1. The van der Waals surface area contributed by atoms with Crippen molar-refractivity contribution in [3.8, 4) is 11.8 Å². The van der Waals surface area contributed by atoms with Gasteiger partial charge in [0.2, 0.25) is 5.82 Å². The van der Waals surface area contributed by atoms with Gasteiger partial charge in [-0.2, -0.15) is 0 Å². The highest BCUT2D eigenvalue weighted by Crippen LogP contribution is 2.27. The highest BCUT2D eigenvalue weighted by atomic mass is 35.5. The van der Waals surface area contributed by atoms with E-state index >= 15 is 0 Å². The van der Waals surface area contributed by atoms with Crippen molar-refractivity contribution in [3.63, 3.8) is 0 Å². The molecule has 0 aliphatic heterocycles. The fourth-order valence-corrected chi connectivity index (χ4v) is 2.37. The Morgan fingerprint density at radius 3 is 2.47 bits per heavy atom. The molecule has 0 aliphatic carbocycles. The minimum Gasteiger partial charge on any atom is -0.262 e. The maximum absolute atomic E-state index is 6.06. The predicted octanol–water partition coefficient (Wildman–Crippen LogP) is 4.21. The van der Waals surface area contributed by atoms with Gasteiger partial charge in [0.25, 0.3) is 0 Å². The minimum absolute atomic E-state index is 0.498. The summed E-state index contributed by atoms with van der Waals surface area (Å²) in [5, 5.41) is 6.68. The Morgan fingerprint density at radius 1 is 1.32 bits per heavy atom. The summed E-state index contributed by atoms with van der Waals surface area (Å²) in [6.45, 7) is 8.18. The first-order valence-corrected chi connectivity index (χ1v) is 7.49. The summed E-state index contributed by atoms with van der Waals surface area (Å²) < 4.78 is 0.733. The zero-order chi connectivity index (χ0) is 14.3. The van der Waals surface area contributed by atoms with Crippen LogP contribution < -0.4 is 0 Å². The van der Waals surface area contributed by atoms with Crippen LogP contribution in [0.25, 0.3) is 0 Å². The predicted molar refractivity (Wildman–Crippen MR) is 81.8 cm³/mol. The summed E-state index contributed by atoms with van der Waals surface area (Å²) in [5.41, 5.74) is 0.853. The van der Waals surface area contributed by atoms with Crippen molar-refractivity contribution < 1.29 is 0 Å². The Hall–Kier alpha value is -1.31. The molecular weight excluding hydrogens is 278 g/mol. The van der Waals surface area contributed by atoms with Crippen LogP contribution in [0.3, 0.4) is 0 Å². The Kier molecular flexibility index (Phi) is 6.61. The quantitative estimate of drug-likeness (QED) is 0.801. The molecule has 1 N–H and O–H groups in total. The van der Waals surface area contributed by atoms with E-state index in [-0.39, 0.29) is 0 Å². The summed E-state index contributed by atoms with van der Waals surface area (Å²) in [4.78, 5) is 5.34. The fourth-order valence-electron chi connectivity index (χ4n) is 1.20. The van der Waals surface area contributed by atoms with Crippen LogP contribution in [0.4, 0.5) is 0 Å². The molecule has 5 heteroatoms. The lowest BCUT2D eigenvalue weighted by Gasteiger charge is -1.80. The molecule has 3 nitrogen and oxygen atoms in total. The van der Waals surface area contributed by atoms with Gasteiger partial charge in [-0.25, -0.2) is 4.98 Å². The SMILES string of the molecule is CCC.CCc1cc(C#Cc2n[nH]c(C)n2)c(Cl)s1. The summed E-state index contributed by atoms with van der Waals surface area (Å²) in [7, 11) is 0. The number of aromatic amines is 1. The van der Waals surface area contributed by atoms with Gasteiger partial charge in [-0.3, -0.25) is 5.10 Å². The zero-order valence-corrected chi connectivity index (χ0v) is 13.2. The van der Waals surface area contributed by atoms with Crippen LogP contribution in [-0.4, -0.2) is 15.2 Å². The smallest absolute Gasteiger partial charge is 0.225 e. The summed E-state index contributed by atoms with van der Waals surface area (Å²) in [6.07, 6.45) is 2.23. The average molecular weight is 296 g/mol. The third-order valence-electron chi connectivity index (χ3n) is 1.99. The van der Waals surface area contributed by atoms with Gasteiger partial charge < -0.3 is 0 Å². The van der Waals surface area contributed by atoms with E-state index in [0.29, 0.717) is 5.82 Å². The van der Waals surface area contributed by atoms with Gasteiger partial charge in [0.15, 0.2) is 0 Å². The number of H-pyrrole nitrogens is 1. The van der Waals surface area contributed by atoms with Gasteiger partial charge in [-0.05, 0) is 25.3 Å². The van der Waals surface area contributed by atoms with Crippen LogP contribution in [0.1, 0.15) is 49.3 Å². The molecular formula is C14H18ClN3S. The van der Waals surface area contributed by atoms with Gasteiger partial charge >= 0.3 is 0 Å². The molecule has 0 radical (unpaired) electrons. The summed E-state index contributed by atoms with van der Waals surface area (Å²) >= 11 is 7.63. The van der Waals surface area contributed by atoms with E-state index in [4.69, 9.17) is 11.6 Å². The molecule has 0 aromatic carbocycles. The number of aryl methyl sites for hydroxylation is 2. The van der Waals surface area contributed by atoms with Gasteiger partial charge in [-0.15, -0.1) is 16.4 Å². The number of hydrogen-bond acceptors (Lipinski definition) is 3. The molecule has 0 saturated heterocycles. The Morgan fingerprint density at radius 2 is 2.00 bits per heavy atom. The number of nitrogens with zero attached hydrogens (tertiary/aromatic N) is 2. The molecule has 0 aliphatic rings. The van der Waals surface area contributed by atoms with Crippen LogP contribution in [0, 0.1) is 18.8 Å². The van der Waals surface area contributed by atoms with Crippen molar-refractivity contribution in [1.29, 1.82) is 0 Å². The van der Waals surface area contributed by atoms with E-state index in [2.05, 4.69) is 47.8 Å². The molecule has 0 unspecified atom stereocenters. The molecule has 2 heterocycles. The zero-order valence-electron chi connectivity index (χ0n) is 11.7.